The molecule has 24 heavy (non-hydrogen) atoms. The Hall–Kier alpha value is -1.92. The molecule has 0 unspecified atom stereocenters. The molecular weight excluding hydrogens is 331 g/mol. The Morgan fingerprint density at radius 2 is 1.96 bits per heavy atom. The number of halogens is 2. The number of nitrogens with zero attached hydrogens (tertiary/aromatic N) is 1. The maximum absolute atomic E-state index is 13.0. The fourth-order valence-corrected chi connectivity index (χ4v) is 2.89. The van der Waals surface area contributed by atoms with Crippen molar-refractivity contribution in [1.29, 1.82) is 0 Å². The van der Waals surface area contributed by atoms with Crippen LogP contribution in [-0.2, 0) is 0 Å². The number of carbonyl (C=O) groups is 1. The van der Waals surface area contributed by atoms with Crippen LogP contribution in [0.5, 0.6) is 0 Å². The van der Waals surface area contributed by atoms with E-state index in [1.807, 2.05) is 0 Å². The Labute approximate surface area is 146 Å². The van der Waals surface area contributed by atoms with Gasteiger partial charge in [0, 0.05) is 12.1 Å². The number of piperidine rings is 1. The van der Waals surface area contributed by atoms with E-state index in [0.717, 1.165) is 31.5 Å². The highest BCUT2D eigenvalue weighted by molar-refractivity contribution is 5.99. The van der Waals surface area contributed by atoms with Crippen LogP contribution < -0.4 is 10.6 Å². The minimum atomic E-state index is -0.307. The molecule has 7 heteroatoms. The highest BCUT2D eigenvalue weighted by Gasteiger charge is 2.27. The molecule has 0 radical (unpaired) electrons. The zero-order valence-electron chi connectivity index (χ0n) is 13.6. The van der Waals surface area contributed by atoms with Gasteiger partial charge in [-0.05, 0) is 55.6 Å². The van der Waals surface area contributed by atoms with Gasteiger partial charge in [-0.25, -0.2) is 4.39 Å². The van der Waals surface area contributed by atoms with Crippen molar-refractivity contribution in [3.8, 4) is 11.3 Å². The number of carbonyl (C=O) groups excluding carboxylic acids is 1. The van der Waals surface area contributed by atoms with Crippen molar-refractivity contribution in [3.63, 3.8) is 0 Å². The summed E-state index contributed by atoms with van der Waals surface area (Å²) in [4.78, 5) is 12.5. The number of H-pyrrole nitrogens is 1. The van der Waals surface area contributed by atoms with Gasteiger partial charge in [0.05, 0.1) is 17.5 Å². The Balaban J connectivity index is 0.00000208. The standard InChI is InChI=1S/C17H21FN4O.ClH/c1-17(6-8-19-9-7-17)11-20-16(23)14-10-21-22-15(14)12-2-4-13(18)5-3-12;/h2-5,10,19H,6-9,11H2,1H3,(H,20,23)(H,21,22);1H. The molecule has 0 spiro atoms. The lowest BCUT2D eigenvalue weighted by Gasteiger charge is -2.34. The number of hydrogen-bond donors (Lipinski definition) is 3. The van der Waals surface area contributed by atoms with Crippen LogP contribution in [0.4, 0.5) is 4.39 Å². The maximum Gasteiger partial charge on any atom is 0.255 e. The van der Waals surface area contributed by atoms with Gasteiger partial charge in [-0.1, -0.05) is 6.92 Å². The predicted molar refractivity (Wildman–Crippen MR) is 93.8 cm³/mol. The topological polar surface area (TPSA) is 69.8 Å². The first-order valence-electron chi connectivity index (χ1n) is 7.86. The van der Waals surface area contributed by atoms with E-state index in [1.54, 1.807) is 12.1 Å². The van der Waals surface area contributed by atoms with Gasteiger partial charge in [-0.3, -0.25) is 9.89 Å². The largest absolute Gasteiger partial charge is 0.351 e. The second kappa shape index (κ2) is 7.77. The summed E-state index contributed by atoms with van der Waals surface area (Å²) in [6.45, 7) is 4.81. The van der Waals surface area contributed by atoms with E-state index in [2.05, 4.69) is 27.8 Å². The van der Waals surface area contributed by atoms with Gasteiger partial charge in [0.25, 0.3) is 5.91 Å². The van der Waals surface area contributed by atoms with E-state index < -0.39 is 0 Å². The van der Waals surface area contributed by atoms with Gasteiger partial charge in [-0.15, -0.1) is 12.4 Å². The van der Waals surface area contributed by atoms with Gasteiger partial charge in [0.15, 0.2) is 0 Å². The first-order valence-corrected chi connectivity index (χ1v) is 7.86. The molecule has 0 atom stereocenters. The lowest BCUT2D eigenvalue weighted by atomic mass is 9.81. The zero-order valence-corrected chi connectivity index (χ0v) is 14.4. The van der Waals surface area contributed by atoms with Crippen molar-refractivity contribution in [3.05, 3.63) is 41.8 Å². The van der Waals surface area contributed by atoms with Crippen LogP contribution >= 0.6 is 12.4 Å². The molecule has 5 nitrogen and oxygen atoms in total. The van der Waals surface area contributed by atoms with Crippen molar-refractivity contribution < 1.29 is 9.18 Å². The summed E-state index contributed by atoms with van der Waals surface area (Å²) < 4.78 is 13.0. The molecule has 3 rings (SSSR count). The van der Waals surface area contributed by atoms with Crippen LogP contribution in [-0.4, -0.2) is 35.7 Å². The minimum absolute atomic E-state index is 0. The Morgan fingerprint density at radius 1 is 1.29 bits per heavy atom. The zero-order chi connectivity index (χ0) is 16.3. The molecule has 1 fully saturated rings. The lowest BCUT2D eigenvalue weighted by molar-refractivity contribution is 0.0923. The van der Waals surface area contributed by atoms with Crippen LogP contribution in [0.15, 0.2) is 30.5 Å². The minimum Gasteiger partial charge on any atom is -0.351 e. The number of rotatable bonds is 4. The van der Waals surface area contributed by atoms with E-state index >= 15 is 0 Å². The van der Waals surface area contributed by atoms with Crippen molar-refractivity contribution >= 4 is 18.3 Å². The maximum atomic E-state index is 13.0. The normalized spacial score (nSPS) is 16.2. The van der Waals surface area contributed by atoms with E-state index in [-0.39, 0.29) is 29.5 Å². The van der Waals surface area contributed by atoms with Crippen LogP contribution in [0.2, 0.25) is 0 Å². The van der Waals surface area contributed by atoms with Crippen LogP contribution in [0.3, 0.4) is 0 Å². The molecule has 1 aliphatic rings. The average molecular weight is 353 g/mol. The molecule has 1 aromatic heterocycles. The third-order valence-corrected chi connectivity index (χ3v) is 4.50. The number of nitrogens with one attached hydrogen (secondary N) is 3. The second-order valence-corrected chi connectivity index (χ2v) is 6.41. The molecule has 130 valence electrons. The smallest absolute Gasteiger partial charge is 0.255 e. The van der Waals surface area contributed by atoms with Gasteiger partial charge >= 0.3 is 0 Å². The number of hydrogen-bond acceptors (Lipinski definition) is 3. The van der Waals surface area contributed by atoms with Crippen LogP contribution in [0.1, 0.15) is 30.1 Å². The van der Waals surface area contributed by atoms with Crippen molar-refractivity contribution in [2.24, 2.45) is 5.41 Å². The molecule has 3 N–H and O–H groups in total. The first-order chi connectivity index (χ1) is 11.1. The average Bonchev–Trinajstić information content (AvgIpc) is 3.04. The highest BCUT2D eigenvalue weighted by Crippen LogP contribution is 2.27. The molecular formula is C17H22ClFN4O. The molecule has 0 bridgehead atoms. The third kappa shape index (κ3) is 4.13. The molecule has 1 saturated heterocycles. The number of aromatic nitrogens is 2. The van der Waals surface area contributed by atoms with E-state index in [1.165, 1.54) is 18.3 Å². The summed E-state index contributed by atoms with van der Waals surface area (Å²) in [5.41, 5.74) is 1.95. The van der Waals surface area contributed by atoms with Gasteiger partial charge in [0.1, 0.15) is 5.82 Å². The molecule has 0 aliphatic carbocycles. The first kappa shape index (κ1) is 18.4. The lowest BCUT2D eigenvalue weighted by Crippen LogP contribution is -2.42. The summed E-state index contributed by atoms with van der Waals surface area (Å²) in [7, 11) is 0. The molecule has 1 amide bonds. The summed E-state index contributed by atoms with van der Waals surface area (Å²) in [6, 6.07) is 6.00. The van der Waals surface area contributed by atoms with E-state index in [9.17, 15) is 9.18 Å². The van der Waals surface area contributed by atoms with Crippen molar-refractivity contribution in [2.75, 3.05) is 19.6 Å². The van der Waals surface area contributed by atoms with Gasteiger partial charge in [-0.2, -0.15) is 5.10 Å². The van der Waals surface area contributed by atoms with Gasteiger partial charge in [0.2, 0.25) is 0 Å². The van der Waals surface area contributed by atoms with Crippen LogP contribution in [0, 0.1) is 11.2 Å². The van der Waals surface area contributed by atoms with E-state index in [4.69, 9.17) is 0 Å². The summed E-state index contributed by atoms with van der Waals surface area (Å²) in [6.07, 6.45) is 3.60. The molecule has 1 aliphatic heterocycles. The summed E-state index contributed by atoms with van der Waals surface area (Å²) in [5.74, 6) is -0.462. The second-order valence-electron chi connectivity index (χ2n) is 6.41. The monoisotopic (exact) mass is 352 g/mol. The predicted octanol–water partition coefficient (Wildman–Crippen LogP) is 2.76. The third-order valence-electron chi connectivity index (χ3n) is 4.50. The SMILES string of the molecule is CC1(CNC(=O)c2cn[nH]c2-c2ccc(F)cc2)CCNCC1.Cl. The molecule has 2 heterocycles. The molecule has 0 saturated carbocycles. The highest BCUT2D eigenvalue weighted by atomic mass is 35.5. The fourth-order valence-electron chi connectivity index (χ4n) is 2.89. The Bertz CT molecular complexity index is 680. The molecule has 2 aromatic rings. The summed E-state index contributed by atoms with van der Waals surface area (Å²) >= 11 is 0. The van der Waals surface area contributed by atoms with Crippen molar-refractivity contribution in [1.82, 2.24) is 20.8 Å². The van der Waals surface area contributed by atoms with Gasteiger partial charge < -0.3 is 10.6 Å². The summed E-state index contributed by atoms with van der Waals surface area (Å²) in [5, 5.41) is 13.1. The molecule has 1 aromatic carbocycles. The fraction of sp³-hybridized carbons (Fsp3) is 0.412. The van der Waals surface area contributed by atoms with E-state index in [0.29, 0.717) is 17.8 Å². The van der Waals surface area contributed by atoms with Crippen LogP contribution in [0.25, 0.3) is 11.3 Å². The Kier molecular flexibility index (Phi) is 5.96. The van der Waals surface area contributed by atoms with Crippen molar-refractivity contribution in [2.45, 2.75) is 19.8 Å². The number of amides is 1. The Morgan fingerprint density at radius 3 is 2.62 bits per heavy atom. The number of benzene rings is 1. The number of aromatic amines is 1. The quantitative estimate of drug-likeness (QED) is 0.792.